The molecule has 4 heterocycles. The Hall–Kier alpha value is -2.80. The van der Waals surface area contributed by atoms with Crippen molar-refractivity contribution >= 4 is 41.1 Å². The Kier molecular flexibility index (Phi) is 5.11. The van der Waals surface area contributed by atoms with Crippen molar-refractivity contribution in [1.82, 2.24) is 14.9 Å². The van der Waals surface area contributed by atoms with Crippen LogP contribution in [-0.2, 0) is 16.0 Å². The van der Waals surface area contributed by atoms with Crippen LogP contribution in [0.15, 0.2) is 35.6 Å². The van der Waals surface area contributed by atoms with Crippen molar-refractivity contribution in [3.63, 3.8) is 0 Å². The van der Waals surface area contributed by atoms with E-state index in [0.29, 0.717) is 18.7 Å². The van der Waals surface area contributed by atoms with Crippen molar-refractivity contribution in [2.75, 3.05) is 18.4 Å². The lowest BCUT2D eigenvalue weighted by atomic mass is 10.0. The van der Waals surface area contributed by atoms with Crippen LogP contribution in [0.4, 0.5) is 5.82 Å². The van der Waals surface area contributed by atoms with Crippen molar-refractivity contribution < 1.29 is 9.59 Å². The highest BCUT2D eigenvalue weighted by atomic mass is 32.1. The zero-order valence-electron chi connectivity index (χ0n) is 14.9. The normalized spacial score (nSPS) is 17.0. The van der Waals surface area contributed by atoms with Crippen LogP contribution in [0.5, 0.6) is 0 Å². The first-order valence-corrected chi connectivity index (χ1v) is 9.89. The van der Waals surface area contributed by atoms with Gasteiger partial charge in [0.25, 0.3) is 0 Å². The molecule has 0 spiro atoms. The number of carbonyl (C=O) groups is 2. The molecule has 1 saturated heterocycles. The van der Waals surface area contributed by atoms with Gasteiger partial charge in [-0.25, -0.2) is 4.98 Å². The van der Waals surface area contributed by atoms with E-state index in [9.17, 15) is 9.59 Å². The second-order valence-electron chi connectivity index (χ2n) is 6.69. The van der Waals surface area contributed by atoms with Crippen molar-refractivity contribution in [2.45, 2.75) is 25.7 Å². The number of piperidine rings is 1. The Balaban J connectivity index is 1.35. The van der Waals surface area contributed by atoms with Gasteiger partial charge in [-0.2, -0.15) is 0 Å². The summed E-state index contributed by atoms with van der Waals surface area (Å²) in [7, 11) is 0. The molecule has 4 rings (SSSR count). The van der Waals surface area contributed by atoms with E-state index in [1.807, 2.05) is 22.7 Å². The molecular formula is C20H20N4O2S. The van der Waals surface area contributed by atoms with Gasteiger partial charge in [0.2, 0.25) is 11.8 Å². The Bertz CT molecular complexity index is 908. The van der Waals surface area contributed by atoms with Crippen LogP contribution in [0.25, 0.3) is 12.2 Å². The van der Waals surface area contributed by atoms with Crippen LogP contribution in [0.1, 0.15) is 35.3 Å². The second kappa shape index (κ2) is 7.84. The summed E-state index contributed by atoms with van der Waals surface area (Å²) in [5.41, 5.74) is 5.09. The molecule has 0 aromatic carbocycles. The zero-order chi connectivity index (χ0) is 18.6. The summed E-state index contributed by atoms with van der Waals surface area (Å²) >= 11 is 1.63. The lowest BCUT2D eigenvalue weighted by molar-refractivity contribution is -0.126. The van der Waals surface area contributed by atoms with Crippen molar-refractivity contribution in [3.8, 4) is 0 Å². The maximum Gasteiger partial charge on any atom is 0.246 e. The quantitative estimate of drug-likeness (QED) is 0.830. The molecule has 0 atom stereocenters. The number of aryl methyl sites for hydroxylation is 1. The van der Waals surface area contributed by atoms with Crippen LogP contribution in [0.2, 0.25) is 0 Å². The third-order valence-corrected chi connectivity index (χ3v) is 5.52. The van der Waals surface area contributed by atoms with Gasteiger partial charge in [0.05, 0.1) is 5.51 Å². The van der Waals surface area contributed by atoms with Crippen LogP contribution < -0.4 is 5.32 Å². The molecule has 138 valence electrons. The molecule has 2 aliphatic heterocycles. The van der Waals surface area contributed by atoms with Gasteiger partial charge >= 0.3 is 0 Å². The maximum absolute atomic E-state index is 12.5. The number of amides is 2. The zero-order valence-corrected chi connectivity index (χ0v) is 15.7. The van der Waals surface area contributed by atoms with E-state index >= 15 is 0 Å². The molecule has 0 radical (unpaired) electrons. The fraction of sp³-hybridized carbons (Fsp3) is 0.300. The smallest absolute Gasteiger partial charge is 0.246 e. The van der Waals surface area contributed by atoms with Crippen molar-refractivity contribution in [2.24, 2.45) is 0 Å². The van der Waals surface area contributed by atoms with Gasteiger partial charge in [-0.1, -0.05) is 5.57 Å². The Morgan fingerprint density at radius 2 is 2.04 bits per heavy atom. The largest absolute Gasteiger partial charge is 0.339 e. The van der Waals surface area contributed by atoms with E-state index in [0.717, 1.165) is 37.1 Å². The third-order valence-electron chi connectivity index (χ3n) is 4.80. The summed E-state index contributed by atoms with van der Waals surface area (Å²) < 4.78 is 0. The number of carbonyl (C=O) groups excluding carboxylic acids is 2. The predicted molar refractivity (Wildman–Crippen MR) is 106 cm³/mol. The molecule has 1 fully saturated rings. The molecule has 2 aromatic rings. The number of pyridine rings is 1. The third kappa shape index (κ3) is 4.31. The number of aromatic nitrogens is 2. The minimum atomic E-state index is 0.00216. The SMILES string of the molecule is O=C1CCc2cc(/C=C/C(=O)N3CCC(=Cc4cncs4)CC3)cnc2N1. The summed E-state index contributed by atoms with van der Waals surface area (Å²) in [5.74, 6) is 0.659. The monoisotopic (exact) mass is 380 g/mol. The molecule has 7 heteroatoms. The van der Waals surface area contributed by atoms with Gasteiger partial charge in [-0.3, -0.25) is 14.6 Å². The number of nitrogens with zero attached hydrogens (tertiary/aromatic N) is 3. The van der Waals surface area contributed by atoms with Gasteiger partial charge in [0, 0.05) is 42.9 Å². The minimum absolute atomic E-state index is 0.00216. The highest BCUT2D eigenvalue weighted by Gasteiger charge is 2.18. The lowest BCUT2D eigenvalue weighted by Crippen LogP contribution is -2.35. The first-order chi connectivity index (χ1) is 13.2. The summed E-state index contributed by atoms with van der Waals surface area (Å²) in [6, 6.07) is 1.98. The van der Waals surface area contributed by atoms with E-state index in [1.54, 1.807) is 29.7 Å². The van der Waals surface area contributed by atoms with E-state index in [1.165, 1.54) is 10.5 Å². The summed E-state index contributed by atoms with van der Waals surface area (Å²) in [6.45, 7) is 1.48. The molecule has 0 bridgehead atoms. The molecule has 1 N–H and O–H groups in total. The molecule has 0 aliphatic carbocycles. The average Bonchev–Trinajstić information content (AvgIpc) is 3.19. The predicted octanol–water partition coefficient (Wildman–Crippen LogP) is 3.14. The van der Waals surface area contributed by atoms with Gasteiger partial charge in [0.15, 0.2) is 0 Å². The fourth-order valence-corrected chi connectivity index (χ4v) is 3.90. The van der Waals surface area contributed by atoms with Crippen LogP contribution >= 0.6 is 11.3 Å². The van der Waals surface area contributed by atoms with E-state index in [4.69, 9.17) is 0 Å². The number of nitrogens with one attached hydrogen (secondary N) is 1. The molecule has 0 saturated carbocycles. The molecule has 0 unspecified atom stereocenters. The van der Waals surface area contributed by atoms with Crippen molar-refractivity contribution in [1.29, 1.82) is 0 Å². The van der Waals surface area contributed by atoms with Crippen LogP contribution in [-0.4, -0.2) is 39.8 Å². The van der Waals surface area contributed by atoms with Gasteiger partial charge in [0.1, 0.15) is 5.82 Å². The highest BCUT2D eigenvalue weighted by Crippen LogP contribution is 2.23. The summed E-state index contributed by atoms with van der Waals surface area (Å²) in [6.07, 6.45) is 12.1. The standard InChI is InChI=1S/C20H20N4O2S/c25-18-3-2-16-9-15(11-22-20(16)23-18)1-4-19(26)24-7-5-14(6-8-24)10-17-12-21-13-27-17/h1,4,9-13H,2-3,5-8H2,(H,22,23,25)/b4-1+. The van der Waals surface area contributed by atoms with E-state index in [2.05, 4.69) is 21.4 Å². The molecule has 2 aliphatic rings. The van der Waals surface area contributed by atoms with Gasteiger partial charge in [-0.05, 0) is 48.6 Å². The topological polar surface area (TPSA) is 75.2 Å². The fourth-order valence-electron chi connectivity index (χ4n) is 3.30. The maximum atomic E-state index is 12.5. The Labute approximate surface area is 161 Å². The molecular weight excluding hydrogens is 360 g/mol. The number of thiazole rings is 1. The van der Waals surface area contributed by atoms with E-state index < -0.39 is 0 Å². The molecule has 2 aromatic heterocycles. The number of hydrogen-bond donors (Lipinski definition) is 1. The Morgan fingerprint density at radius 1 is 1.19 bits per heavy atom. The first kappa shape index (κ1) is 17.6. The van der Waals surface area contributed by atoms with Crippen LogP contribution in [0, 0.1) is 0 Å². The van der Waals surface area contributed by atoms with Crippen molar-refractivity contribution in [3.05, 3.63) is 51.6 Å². The van der Waals surface area contributed by atoms with Crippen LogP contribution in [0.3, 0.4) is 0 Å². The number of fused-ring (bicyclic) bond motifs is 1. The van der Waals surface area contributed by atoms with Gasteiger partial charge in [-0.15, -0.1) is 11.3 Å². The van der Waals surface area contributed by atoms with E-state index in [-0.39, 0.29) is 11.8 Å². The Morgan fingerprint density at radius 3 is 2.81 bits per heavy atom. The highest BCUT2D eigenvalue weighted by molar-refractivity contribution is 7.10. The molecule has 2 amide bonds. The molecule has 6 nitrogen and oxygen atoms in total. The summed E-state index contributed by atoms with van der Waals surface area (Å²) in [4.78, 5) is 35.3. The number of hydrogen-bond acceptors (Lipinski definition) is 5. The minimum Gasteiger partial charge on any atom is -0.339 e. The number of rotatable bonds is 3. The van der Waals surface area contributed by atoms with Gasteiger partial charge < -0.3 is 10.2 Å². The molecule has 27 heavy (non-hydrogen) atoms. The second-order valence-corrected chi connectivity index (χ2v) is 7.61. The first-order valence-electron chi connectivity index (χ1n) is 9.01. The average molecular weight is 380 g/mol. The number of likely N-dealkylation sites (tertiary alicyclic amines) is 1. The lowest BCUT2D eigenvalue weighted by Gasteiger charge is -2.27. The summed E-state index contributed by atoms with van der Waals surface area (Å²) in [5, 5.41) is 2.77. The number of anilines is 1.